The average Bonchev–Trinajstić information content (AvgIpc) is 2.45. The van der Waals surface area contributed by atoms with Crippen LogP contribution < -0.4 is 4.74 Å². The Balaban J connectivity index is 2.01. The summed E-state index contributed by atoms with van der Waals surface area (Å²) < 4.78 is 18.3. The highest BCUT2D eigenvalue weighted by atomic mass is 19.1. The summed E-state index contributed by atoms with van der Waals surface area (Å²) >= 11 is 0. The lowest BCUT2D eigenvalue weighted by atomic mass is 9.98. The molecule has 0 aliphatic carbocycles. The summed E-state index contributed by atoms with van der Waals surface area (Å²) in [5.74, 6) is 0.611. The normalized spacial score (nSPS) is 10.7. The van der Waals surface area contributed by atoms with Crippen molar-refractivity contribution in [2.45, 2.75) is 26.7 Å². The maximum absolute atomic E-state index is 12.8. The molecule has 2 aromatic rings. The summed E-state index contributed by atoms with van der Waals surface area (Å²) in [6.45, 7) is 6.26. The van der Waals surface area contributed by atoms with Crippen LogP contribution in [0.4, 0.5) is 4.39 Å². The van der Waals surface area contributed by atoms with Gasteiger partial charge in [-0.3, -0.25) is 4.79 Å². The molecule has 0 radical (unpaired) electrons. The summed E-state index contributed by atoms with van der Waals surface area (Å²) in [6.07, 6.45) is 0. The lowest BCUT2D eigenvalue weighted by molar-refractivity contribution is 0.0921. The highest BCUT2D eigenvalue weighted by molar-refractivity contribution is 5.97. The van der Waals surface area contributed by atoms with Gasteiger partial charge in [0.1, 0.15) is 11.6 Å². The van der Waals surface area contributed by atoms with Gasteiger partial charge in [-0.2, -0.15) is 0 Å². The van der Waals surface area contributed by atoms with E-state index >= 15 is 0 Å². The van der Waals surface area contributed by atoms with Crippen molar-refractivity contribution < 1.29 is 13.9 Å². The Kier molecular flexibility index (Phi) is 4.73. The maximum Gasteiger partial charge on any atom is 0.200 e. The molecule has 3 heteroatoms. The van der Waals surface area contributed by atoms with Gasteiger partial charge in [0, 0.05) is 5.56 Å². The van der Waals surface area contributed by atoms with Crippen LogP contribution in [0.25, 0.3) is 0 Å². The number of benzene rings is 2. The number of Topliss-reactive ketones (excluding diaryl/α,β-unsaturated/α-hetero) is 1. The quantitative estimate of drug-likeness (QED) is 0.755. The number of hydrogen-bond acceptors (Lipinski definition) is 2. The second kappa shape index (κ2) is 6.53. The van der Waals surface area contributed by atoms with E-state index in [1.54, 1.807) is 0 Å². The highest BCUT2D eigenvalue weighted by Crippen LogP contribution is 2.23. The first-order valence-electron chi connectivity index (χ1n) is 6.99. The zero-order valence-electron chi connectivity index (χ0n) is 12.5. The number of aryl methyl sites for hydroxylation is 1. The van der Waals surface area contributed by atoms with Crippen LogP contribution in [-0.2, 0) is 0 Å². The molecule has 0 saturated heterocycles. The van der Waals surface area contributed by atoms with Crippen molar-refractivity contribution in [2.75, 3.05) is 6.61 Å². The summed E-state index contributed by atoms with van der Waals surface area (Å²) in [7, 11) is 0. The number of halogens is 1. The lowest BCUT2D eigenvalue weighted by Crippen LogP contribution is -2.11. The molecule has 2 aromatic carbocycles. The maximum atomic E-state index is 12.8. The Bertz CT molecular complexity index is 630. The first-order chi connectivity index (χ1) is 9.97. The van der Waals surface area contributed by atoms with E-state index in [2.05, 4.69) is 13.8 Å². The first kappa shape index (κ1) is 15.2. The van der Waals surface area contributed by atoms with Gasteiger partial charge in [-0.25, -0.2) is 4.39 Å². The third-order valence-corrected chi connectivity index (χ3v) is 3.40. The third-order valence-electron chi connectivity index (χ3n) is 3.40. The number of carbonyl (C=O) groups is 1. The van der Waals surface area contributed by atoms with E-state index in [0.717, 1.165) is 5.56 Å². The molecule has 110 valence electrons. The third kappa shape index (κ3) is 3.91. The minimum Gasteiger partial charge on any atom is -0.485 e. The van der Waals surface area contributed by atoms with Gasteiger partial charge in [0.05, 0.1) is 0 Å². The zero-order chi connectivity index (χ0) is 15.4. The number of hydrogen-bond donors (Lipinski definition) is 0. The molecule has 0 fully saturated rings. The molecule has 0 amide bonds. The zero-order valence-corrected chi connectivity index (χ0v) is 12.5. The van der Waals surface area contributed by atoms with E-state index in [9.17, 15) is 9.18 Å². The SMILES string of the molecule is Cc1cc(OCC(=O)c2ccc(F)cc2)ccc1C(C)C. The number of carbonyl (C=O) groups excluding carboxylic acids is 1. The molecule has 2 rings (SSSR count). The van der Waals surface area contributed by atoms with Gasteiger partial charge < -0.3 is 4.74 Å². The van der Waals surface area contributed by atoms with Crippen LogP contribution in [0.2, 0.25) is 0 Å². The average molecular weight is 286 g/mol. The van der Waals surface area contributed by atoms with E-state index < -0.39 is 0 Å². The molecule has 0 aliphatic heterocycles. The Morgan fingerprint density at radius 3 is 2.38 bits per heavy atom. The van der Waals surface area contributed by atoms with Gasteiger partial charge in [0.25, 0.3) is 0 Å². The monoisotopic (exact) mass is 286 g/mol. The van der Waals surface area contributed by atoms with Crippen LogP contribution in [0.1, 0.15) is 41.3 Å². The number of ketones is 1. The van der Waals surface area contributed by atoms with E-state index in [1.807, 2.05) is 25.1 Å². The van der Waals surface area contributed by atoms with Gasteiger partial charge in [0.2, 0.25) is 0 Å². The fraction of sp³-hybridized carbons (Fsp3) is 0.278. The van der Waals surface area contributed by atoms with Crippen molar-refractivity contribution in [3.05, 3.63) is 65.0 Å². The van der Waals surface area contributed by atoms with Crippen LogP contribution in [-0.4, -0.2) is 12.4 Å². The van der Waals surface area contributed by atoms with Crippen molar-refractivity contribution >= 4 is 5.78 Å². The molecule has 21 heavy (non-hydrogen) atoms. The van der Waals surface area contributed by atoms with Crippen molar-refractivity contribution in [1.29, 1.82) is 0 Å². The Morgan fingerprint density at radius 1 is 1.14 bits per heavy atom. The minimum atomic E-state index is -0.354. The minimum absolute atomic E-state index is 0.0495. The van der Waals surface area contributed by atoms with Gasteiger partial charge in [-0.05, 0) is 60.4 Å². The van der Waals surface area contributed by atoms with Crippen LogP contribution in [0, 0.1) is 12.7 Å². The van der Waals surface area contributed by atoms with Crippen LogP contribution in [0.5, 0.6) is 5.75 Å². The van der Waals surface area contributed by atoms with Crippen molar-refractivity contribution in [2.24, 2.45) is 0 Å². The summed E-state index contributed by atoms with van der Waals surface area (Å²) in [4.78, 5) is 11.9. The highest BCUT2D eigenvalue weighted by Gasteiger charge is 2.09. The fourth-order valence-corrected chi connectivity index (χ4v) is 2.25. The van der Waals surface area contributed by atoms with Crippen molar-refractivity contribution in [3.8, 4) is 5.75 Å². The molecule has 0 unspecified atom stereocenters. The predicted octanol–water partition coefficient (Wildman–Crippen LogP) is 4.52. The summed E-state index contributed by atoms with van der Waals surface area (Å²) in [5.41, 5.74) is 2.87. The van der Waals surface area contributed by atoms with Gasteiger partial charge in [-0.15, -0.1) is 0 Å². The fourth-order valence-electron chi connectivity index (χ4n) is 2.25. The van der Waals surface area contributed by atoms with Crippen LogP contribution in [0.15, 0.2) is 42.5 Å². The van der Waals surface area contributed by atoms with Crippen molar-refractivity contribution in [3.63, 3.8) is 0 Å². The second-order valence-corrected chi connectivity index (χ2v) is 5.39. The first-order valence-corrected chi connectivity index (χ1v) is 6.99. The van der Waals surface area contributed by atoms with Gasteiger partial charge in [-0.1, -0.05) is 19.9 Å². The molecule has 0 aromatic heterocycles. The summed E-state index contributed by atoms with van der Waals surface area (Å²) in [6, 6.07) is 11.3. The molecule has 2 nitrogen and oxygen atoms in total. The standard InChI is InChI=1S/C18H19FO2/c1-12(2)17-9-8-16(10-13(17)3)21-11-18(20)14-4-6-15(19)7-5-14/h4-10,12H,11H2,1-3H3. The Labute approximate surface area is 124 Å². The smallest absolute Gasteiger partial charge is 0.200 e. The second-order valence-electron chi connectivity index (χ2n) is 5.39. The lowest BCUT2D eigenvalue weighted by Gasteiger charge is -2.12. The van der Waals surface area contributed by atoms with E-state index in [0.29, 0.717) is 17.2 Å². The van der Waals surface area contributed by atoms with Gasteiger partial charge >= 0.3 is 0 Å². The van der Waals surface area contributed by atoms with E-state index in [-0.39, 0.29) is 18.2 Å². The van der Waals surface area contributed by atoms with Crippen LogP contribution >= 0.6 is 0 Å². The van der Waals surface area contributed by atoms with Crippen molar-refractivity contribution in [1.82, 2.24) is 0 Å². The molecule has 0 atom stereocenters. The van der Waals surface area contributed by atoms with Crippen LogP contribution in [0.3, 0.4) is 0 Å². The molecular weight excluding hydrogens is 267 g/mol. The largest absolute Gasteiger partial charge is 0.485 e. The Hall–Kier alpha value is -2.16. The number of ether oxygens (including phenoxy) is 1. The topological polar surface area (TPSA) is 26.3 Å². The molecule has 0 spiro atoms. The summed E-state index contributed by atoms with van der Waals surface area (Å²) in [5, 5.41) is 0. The van der Waals surface area contributed by atoms with E-state index in [4.69, 9.17) is 4.74 Å². The molecule has 0 aliphatic rings. The Morgan fingerprint density at radius 2 is 1.81 bits per heavy atom. The predicted molar refractivity (Wildman–Crippen MR) is 81.5 cm³/mol. The number of rotatable bonds is 5. The van der Waals surface area contributed by atoms with Gasteiger partial charge in [0.15, 0.2) is 12.4 Å². The molecule has 0 saturated carbocycles. The molecule has 0 bridgehead atoms. The molecule has 0 N–H and O–H groups in total. The molecular formula is C18H19FO2. The van der Waals surface area contributed by atoms with E-state index in [1.165, 1.54) is 29.8 Å². The molecule has 0 heterocycles.